The zero-order chi connectivity index (χ0) is 15.5. The number of amides is 1. The molecular formula is C17H16FNO2S. The van der Waals surface area contributed by atoms with Crippen LogP contribution in [0.2, 0.25) is 0 Å². The molecule has 3 nitrogen and oxygen atoms in total. The first-order valence-corrected chi connectivity index (χ1v) is 8.15. The van der Waals surface area contributed by atoms with Gasteiger partial charge in [-0.25, -0.2) is 4.39 Å². The number of carbonyl (C=O) groups is 2. The van der Waals surface area contributed by atoms with Gasteiger partial charge in [-0.05, 0) is 48.6 Å². The van der Waals surface area contributed by atoms with E-state index in [0.29, 0.717) is 23.5 Å². The van der Waals surface area contributed by atoms with E-state index in [2.05, 4.69) is 0 Å². The molecular weight excluding hydrogens is 301 g/mol. The summed E-state index contributed by atoms with van der Waals surface area (Å²) in [6.07, 6.45) is 1.58. The Morgan fingerprint density at radius 2 is 1.95 bits per heavy atom. The zero-order valence-corrected chi connectivity index (χ0v) is 12.8. The van der Waals surface area contributed by atoms with Crippen LogP contribution in [-0.2, 0) is 0 Å². The molecule has 1 aromatic carbocycles. The third-order valence-electron chi connectivity index (χ3n) is 3.94. The summed E-state index contributed by atoms with van der Waals surface area (Å²) in [6.45, 7) is 1.12. The van der Waals surface area contributed by atoms with Gasteiger partial charge in [-0.3, -0.25) is 9.59 Å². The van der Waals surface area contributed by atoms with Crippen LogP contribution in [0.1, 0.15) is 32.9 Å². The van der Waals surface area contributed by atoms with Crippen LogP contribution in [0, 0.1) is 11.7 Å². The van der Waals surface area contributed by atoms with Crippen molar-refractivity contribution >= 4 is 23.0 Å². The lowest BCUT2D eigenvalue weighted by Gasteiger charge is -2.31. The van der Waals surface area contributed by atoms with Crippen molar-refractivity contribution in [1.82, 2.24) is 4.90 Å². The maximum atomic E-state index is 13.0. The number of ketones is 1. The van der Waals surface area contributed by atoms with Crippen molar-refractivity contribution in [3.05, 3.63) is 58.0 Å². The number of nitrogens with zero attached hydrogens (tertiary/aromatic N) is 1. The molecule has 114 valence electrons. The van der Waals surface area contributed by atoms with Gasteiger partial charge in [0.15, 0.2) is 5.78 Å². The third-order valence-corrected chi connectivity index (χ3v) is 4.80. The standard InChI is InChI=1S/C17H16FNO2S/c18-14-7-5-12(6-8-14)16(20)13-3-1-9-19(11-13)17(21)15-4-2-10-22-15/h2,4-8,10,13H,1,3,9,11H2. The first-order valence-electron chi connectivity index (χ1n) is 7.27. The van der Waals surface area contributed by atoms with E-state index < -0.39 is 0 Å². The van der Waals surface area contributed by atoms with E-state index in [9.17, 15) is 14.0 Å². The largest absolute Gasteiger partial charge is 0.337 e. The van der Waals surface area contributed by atoms with Crippen LogP contribution in [0.4, 0.5) is 4.39 Å². The molecule has 1 unspecified atom stereocenters. The molecule has 0 N–H and O–H groups in total. The summed E-state index contributed by atoms with van der Waals surface area (Å²) in [5.74, 6) is -0.576. The molecule has 2 aromatic rings. The molecule has 0 spiro atoms. The molecule has 1 aliphatic rings. The Morgan fingerprint density at radius 1 is 1.18 bits per heavy atom. The number of piperidine rings is 1. The minimum Gasteiger partial charge on any atom is -0.337 e. The van der Waals surface area contributed by atoms with Crippen molar-refractivity contribution in [2.45, 2.75) is 12.8 Å². The number of halogens is 1. The first-order chi connectivity index (χ1) is 10.6. The summed E-state index contributed by atoms with van der Waals surface area (Å²) in [5.41, 5.74) is 0.511. The van der Waals surface area contributed by atoms with Crippen molar-refractivity contribution in [2.75, 3.05) is 13.1 Å². The summed E-state index contributed by atoms with van der Waals surface area (Å²) in [4.78, 5) is 27.3. The molecule has 1 atom stereocenters. The average Bonchev–Trinajstić information content (AvgIpc) is 3.09. The Kier molecular flexibility index (Phi) is 4.34. The maximum absolute atomic E-state index is 13.0. The number of likely N-dealkylation sites (tertiary alicyclic amines) is 1. The van der Waals surface area contributed by atoms with E-state index in [0.717, 1.165) is 12.8 Å². The Labute approximate surface area is 132 Å². The fourth-order valence-corrected chi connectivity index (χ4v) is 3.47. The smallest absolute Gasteiger partial charge is 0.263 e. The van der Waals surface area contributed by atoms with Crippen molar-refractivity contribution < 1.29 is 14.0 Å². The van der Waals surface area contributed by atoms with E-state index in [4.69, 9.17) is 0 Å². The molecule has 1 aromatic heterocycles. The van der Waals surface area contributed by atoms with Gasteiger partial charge in [-0.2, -0.15) is 0 Å². The Hall–Kier alpha value is -2.01. The second-order valence-corrected chi connectivity index (χ2v) is 6.39. The second kappa shape index (κ2) is 6.40. The minimum absolute atomic E-state index is 0.00777. The topological polar surface area (TPSA) is 37.4 Å². The molecule has 1 aliphatic heterocycles. The molecule has 0 radical (unpaired) electrons. The minimum atomic E-state index is -0.352. The van der Waals surface area contributed by atoms with Crippen molar-refractivity contribution in [1.29, 1.82) is 0 Å². The lowest BCUT2D eigenvalue weighted by molar-refractivity contribution is 0.0641. The van der Waals surface area contributed by atoms with Gasteiger partial charge in [0.2, 0.25) is 0 Å². The van der Waals surface area contributed by atoms with Gasteiger partial charge < -0.3 is 4.90 Å². The second-order valence-electron chi connectivity index (χ2n) is 5.44. The van der Waals surface area contributed by atoms with E-state index in [1.54, 1.807) is 11.0 Å². The Bertz CT molecular complexity index is 666. The van der Waals surface area contributed by atoms with Crippen molar-refractivity contribution in [3.8, 4) is 0 Å². The summed E-state index contributed by atoms with van der Waals surface area (Å²) >= 11 is 1.41. The van der Waals surface area contributed by atoms with Gasteiger partial charge >= 0.3 is 0 Å². The number of benzene rings is 1. The highest BCUT2D eigenvalue weighted by Gasteiger charge is 2.29. The van der Waals surface area contributed by atoms with Crippen LogP contribution < -0.4 is 0 Å². The van der Waals surface area contributed by atoms with Crippen LogP contribution in [-0.4, -0.2) is 29.7 Å². The summed E-state index contributed by atoms with van der Waals surface area (Å²) in [6, 6.07) is 9.27. The Balaban J connectivity index is 1.71. The summed E-state index contributed by atoms with van der Waals surface area (Å²) < 4.78 is 13.0. The van der Waals surface area contributed by atoms with Crippen molar-refractivity contribution in [3.63, 3.8) is 0 Å². The van der Waals surface area contributed by atoms with Crippen LogP contribution >= 0.6 is 11.3 Å². The van der Waals surface area contributed by atoms with Crippen LogP contribution in [0.3, 0.4) is 0 Å². The van der Waals surface area contributed by atoms with E-state index >= 15 is 0 Å². The van der Waals surface area contributed by atoms with E-state index in [1.165, 1.54) is 35.6 Å². The normalized spacial score (nSPS) is 18.2. The molecule has 22 heavy (non-hydrogen) atoms. The zero-order valence-electron chi connectivity index (χ0n) is 12.0. The van der Waals surface area contributed by atoms with Crippen LogP contribution in [0.5, 0.6) is 0 Å². The van der Waals surface area contributed by atoms with Crippen molar-refractivity contribution in [2.24, 2.45) is 5.92 Å². The van der Waals surface area contributed by atoms with Gasteiger partial charge in [-0.15, -0.1) is 11.3 Å². The number of thiophene rings is 1. The highest BCUT2D eigenvalue weighted by Crippen LogP contribution is 2.23. The number of Topliss-reactive ketones (excluding diaryl/α,β-unsaturated/α-hetero) is 1. The summed E-state index contributed by atoms with van der Waals surface area (Å²) in [5, 5.41) is 1.87. The quantitative estimate of drug-likeness (QED) is 0.811. The molecule has 0 saturated carbocycles. The number of hydrogen-bond donors (Lipinski definition) is 0. The van der Waals surface area contributed by atoms with E-state index in [-0.39, 0.29) is 23.4 Å². The predicted octanol–water partition coefficient (Wildman–Crippen LogP) is 3.62. The molecule has 5 heteroatoms. The lowest BCUT2D eigenvalue weighted by atomic mass is 9.90. The van der Waals surface area contributed by atoms with Gasteiger partial charge in [0, 0.05) is 24.6 Å². The molecule has 1 saturated heterocycles. The molecule has 0 aliphatic carbocycles. The predicted molar refractivity (Wildman–Crippen MR) is 83.7 cm³/mol. The molecule has 3 rings (SSSR count). The third kappa shape index (κ3) is 3.09. The fraction of sp³-hybridized carbons (Fsp3) is 0.294. The Morgan fingerprint density at radius 3 is 2.64 bits per heavy atom. The maximum Gasteiger partial charge on any atom is 0.263 e. The van der Waals surface area contributed by atoms with Gasteiger partial charge in [0.1, 0.15) is 5.82 Å². The summed E-state index contributed by atoms with van der Waals surface area (Å²) in [7, 11) is 0. The molecule has 2 heterocycles. The monoisotopic (exact) mass is 317 g/mol. The van der Waals surface area contributed by atoms with Crippen LogP contribution in [0.15, 0.2) is 41.8 Å². The SMILES string of the molecule is O=C(c1ccc(F)cc1)C1CCCN(C(=O)c2cccs2)C1. The van der Waals surface area contributed by atoms with Gasteiger partial charge in [0.25, 0.3) is 5.91 Å². The van der Waals surface area contributed by atoms with Crippen LogP contribution in [0.25, 0.3) is 0 Å². The number of hydrogen-bond acceptors (Lipinski definition) is 3. The highest BCUT2D eigenvalue weighted by atomic mass is 32.1. The molecule has 0 bridgehead atoms. The highest BCUT2D eigenvalue weighted by molar-refractivity contribution is 7.12. The first kappa shape index (κ1) is 14.9. The van der Waals surface area contributed by atoms with E-state index in [1.807, 2.05) is 11.4 Å². The van der Waals surface area contributed by atoms with Gasteiger partial charge in [-0.1, -0.05) is 6.07 Å². The van der Waals surface area contributed by atoms with Gasteiger partial charge in [0.05, 0.1) is 4.88 Å². The fourth-order valence-electron chi connectivity index (χ4n) is 2.78. The average molecular weight is 317 g/mol. The molecule has 1 amide bonds. The number of carbonyl (C=O) groups excluding carboxylic acids is 2. The number of rotatable bonds is 3. The molecule has 1 fully saturated rings. The lowest BCUT2D eigenvalue weighted by Crippen LogP contribution is -2.42.